The summed E-state index contributed by atoms with van der Waals surface area (Å²) in [5.41, 5.74) is -2.21. The van der Waals surface area contributed by atoms with E-state index in [4.69, 9.17) is 35.4 Å². The fraction of sp³-hybridized carbons (Fsp3) is 0.118. The van der Waals surface area contributed by atoms with Gasteiger partial charge in [0.15, 0.2) is 5.11 Å². The minimum absolute atomic E-state index is 0.137. The summed E-state index contributed by atoms with van der Waals surface area (Å²) < 4.78 is 42.1. The summed E-state index contributed by atoms with van der Waals surface area (Å²) in [6.45, 7) is 0. The molecule has 0 fully saturated rings. The molecule has 0 aliphatic carbocycles. The zero-order chi connectivity index (χ0) is 18.2. The van der Waals surface area contributed by atoms with Gasteiger partial charge in [-0.15, -0.1) is 0 Å². The van der Waals surface area contributed by atoms with Crippen LogP contribution < -0.4 is 10.6 Å². The lowest BCUT2D eigenvalue weighted by Crippen LogP contribution is -2.59. The van der Waals surface area contributed by atoms with Crippen molar-refractivity contribution in [2.75, 3.05) is 5.32 Å². The smallest absolute Gasteiger partial charge is 0.335 e. The summed E-state index contributed by atoms with van der Waals surface area (Å²) in [7, 11) is 0. The first kappa shape index (κ1) is 17.9. The van der Waals surface area contributed by atoms with Gasteiger partial charge in [0, 0.05) is 26.9 Å². The SMILES string of the molecule is FC(F)(F)C1(C#Cc2ccc(Cl)cc2)NC(=S)Nc2ccc(Cl)cc21. The lowest BCUT2D eigenvalue weighted by Gasteiger charge is -2.38. The maximum atomic E-state index is 14.0. The molecule has 0 spiro atoms. The average Bonchev–Trinajstić information content (AvgIpc) is 2.53. The number of hydrogen-bond acceptors (Lipinski definition) is 1. The molecule has 1 heterocycles. The molecule has 0 saturated carbocycles. The van der Waals surface area contributed by atoms with E-state index in [1.54, 1.807) is 12.1 Å². The molecule has 0 aromatic heterocycles. The number of anilines is 1. The van der Waals surface area contributed by atoms with Crippen molar-refractivity contribution in [3.63, 3.8) is 0 Å². The second-order valence-corrected chi connectivity index (χ2v) is 6.55. The monoisotopic (exact) mass is 400 g/mol. The Morgan fingerprint density at radius 2 is 1.64 bits per heavy atom. The molecule has 2 nitrogen and oxygen atoms in total. The van der Waals surface area contributed by atoms with Crippen LogP contribution in [0.5, 0.6) is 0 Å². The van der Waals surface area contributed by atoms with Gasteiger partial charge < -0.3 is 10.6 Å². The van der Waals surface area contributed by atoms with Gasteiger partial charge in [0.2, 0.25) is 5.54 Å². The number of hydrogen-bond donors (Lipinski definition) is 2. The Morgan fingerprint density at radius 1 is 1.00 bits per heavy atom. The summed E-state index contributed by atoms with van der Waals surface area (Å²) in [6, 6.07) is 10.3. The lowest BCUT2D eigenvalue weighted by molar-refractivity contribution is -0.177. The van der Waals surface area contributed by atoms with E-state index in [1.165, 1.54) is 30.3 Å². The number of fused-ring (bicyclic) bond motifs is 1. The van der Waals surface area contributed by atoms with Crippen molar-refractivity contribution in [3.05, 3.63) is 63.6 Å². The van der Waals surface area contributed by atoms with Gasteiger partial charge in [0.1, 0.15) is 0 Å². The summed E-state index contributed by atoms with van der Waals surface area (Å²) >= 11 is 16.6. The predicted octanol–water partition coefficient (Wildman–Crippen LogP) is 5.10. The largest absolute Gasteiger partial charge is 0.427 e. The topological polar surface area (TPSA) is 24.1 Å². The molecule has 8 heteroatoms. The molecule has 2 N–H and O–H groups in total. The van der Waals surface area contributed by atoms with Crippen LogP contribution >= 0.6 is 35.4 Å². The number of nitrogens with one attached hydrogen (secondary N) is 2. The van der Waals surface area contributed by atoms with Crippen molar-refractivity contribution in [3.8, 4) is 11.8 Å². The van der Waals surface area contributed by atoms with Gasteiger partial charge in [-0.2, -0.15) is 13.2 Å². The first-order chi connectivity index (χ1) is 11.7. The quantitative estimate of drug-likeness (QED) is 0.474. The van der Waals surface area contributed by atoms with Gasteiger partial charge in [-0.25, -0.2) is 0 Å². The van der Waals surface area contributed by atoms with E-state index in [1.807, 2.05) is 0 Å². The van der Waals surface area contributed by atoms with Crippen molar-refractivity contribution in [2.45, 2.75) is 11.7 Å². The first-order valence-corrected chi connectivity index (χ1v) is 8.12. The van der Waals surface area contributed by atoms with Gasteiger partial charge in [-0.05, 0) is 54.7 Å². The molecule has 1 aliphatic rings. The Labute approximate surface area is 157 Å². The molecule has 25 heavy (non-hydrogen) atoms. The van der Waals surface area contributed by atoms with Gasteiger partial charge in [0.25, 0.3) is 0 Å². The minimum Gasteiger partial charge on any atom is -0.335 e. The molecular weight excluding hydrogens is 392 g/mol. The maximum Gasteiger partial charge on any atom is 0.427 e. The fourth-order valence-corrected chi connectivity index (χ4v) is 2.98. The lowest BCUT2D eigenvalue weighted by atomic mass is 9.86. The highest BCUT2D eigenvalue weighted by atomic mass is 35.5. The maximum absolute atomic E-state index is 14.0. The number of thiocarbonyl (C=S) groups is 1. The van der Waals surface area contributed by atoms with E-state index in [9.17, 15) is 13.2 Å². The van der Waals surface area contributed by atoms with Crippen molar-refractivity contribution in [2.24, 2.45) is 0 Å². The summed E-state index contributed by atoms with van der Waals surface area (Å²) in [5.74, 6) is 4.86. The third-order valence-electron chi connectivity index (χ3n) is 3.60. The van der Waals surface area contributed by atoms with E-state index < -0.39 is 11.7 Å². The summed E-state index contributed by atoms with van der Waals surface area (Å²) in [4.78, 5) is 0. The molecular formula is C17H9Cl2F3N2S. The highest BCUT2D eigenvalue weighted by Gasteiger charge is 2.58. The van der Waals surface area contributed by atoms with E-state index in [2.05, 4.69) is 22.5 Å². The number of benzene rings is 2. The summed E-state index contributed by atoms with van der Waals surface area (Å²) in [5, 5.41) is 5.43. The van der Waals surface area contributed by atoms with Crippen LogP contribution in [0.4, 0.5) is 18.9 Å². The van der Waals surface area contributed by atoms with Gasteiger partial charge >= 0.3 is 6.18 Å². The minimum atomic E-state index is -4.74. The molecule has 0 saturated heterocycles. The molecule has 1 atom stereocenters. The third kappa shape index (κ3) is 3.40. The van der Waals surface area contributed by atoms with E-state index in [-0.39, 0.29) is 21.4 Å². The van der Waals surface area contributed by atoms with E-state index in [0.29, 0.717) is 10.6 Å². The normalized spacial score (nSPS) is 19.2. The highest BCUT2D eigenvalue weighted by Crippen LogP contribution is 2.44. The second kappa shape index (κ2) is 6.41. The molecule has 1 aliphatic heterocycles. The average molecular weight is 401 g/mol. The van der Waals surface area contributed by atoms with Crippen molar-refractivity contribution in [1.82, 2.24) is 5.32 Å². The predicted molar refractivity (Wildman–Crippen MR) is 96.9 cm³/mol. The van der Waals surface area contributed by atoms with Gasteiger partial charge in [-0.3, -0.25) is 0 Å². The Hall–Kier alpha value is -1.94. The molecule has 3 rings (SSSR count). The van der Waals surface area contributed by atoms with Gasteiger partial charge in [-0.1, -0.05) is 35.0 Å². The molecule has 2 aromatic rings. The Kier molecular flexibility index (Phi) is 4.58. The van der Waals surface area contributed by atoms with Gasteiger partial charge in [0.05, 0.1) is 0 Å². The molecule has 0 amide bonds. The van der Waals surface area contributed by atoms with Crippen LogP contribution in [0.15, 0.2) is 42.5 Å². The molecule has 1 unspecified atom stereocenters. The fourth-order valence-electron chi connectivity index (χ4n) is 2.42. The highest BCUT2D eigenvalue weighted by molar-refractivity contribution is 7.80. The Bertz CT molecular complexity index is 901. The van der Waals surface area contributed by atoms with Crippen molar-refractivity contribution < 1.29 is 13.2 Å². The zero-order valence-corrected chi connectivity index (χ0v) is 14.7. The van der Waals surface area contributed by atoms with Crippen LogP contribution in [-0.4, -0.2) is 11.3 Å². The van der Waals surface area contributed by atoms with Crippen LogP contribution in [0.2, 0.25) is 10.0 Å². The first-order valence-electron chi connectivity index (χ1n) is 6.96. The third-order valence-corrected chi connectivity index (χ3v) is 4.29. The van der Waals surface area contributed by atoms with Crippen LogP contribution in [0.1, 0.15) is 11.1 Å². The van der Waals surface area contributed by atoms with Crippen LogP contribution in [0.25, 0.3) is 0 Å². The van der Waals surface area contributed by atoms with E-state index >= 15 is 0 Å². The Balaban J connectivity index is 2.21. The Morgan fingerprint density at radius 3 is 2.28 bits per heavy atom. The number of halogens is 5. The number of alkyl halides is 3. The standard InChI is InChI=1S/C17H9Cl2F3N2S/c18-11-3-1-10(2-4-11)7-8-16(17(20,21)22)13-9-12(19)5-6-14(13)23-15(25)24-16/h1-6,9H,(H2,23,24,25). The van der Waals surface area contributed by atoms with Crippen LogP contribution in [-0.2, 0) is 5.54 Å². The molecule has 128 valence electrons. The van der Waals surface area contributed by atoms with E-state index in [0.717, 1.165) is 0 Å². The van der Waals surface area contributed by atoms with Crippen molar-refractivity contribution in [1.29, 1.82) is 0 Å². The second-order valence-electron chi connectivity index (χ2n) is 5.27. The van der Waals surface area contributed by atoms with Crippen molar-refractivity contribution >= 4 is 46.2 Å². The summed E-state index contributed by atoms with van der Waals surface area (Å²) in [6.07, 6.45) is -4.74. The van der Waals surface area contributed by atoms with Crippen LogP contribution in [0.3, 0.4) is 0 Å². The zero-order valence-electron chi connectivity index (χ0n) is 12.3. The number of rotatable bonds is 0. The molecule has 0 radical (unpaired) electrons. The molecule has 2 aromatic carbocycles. The molecule has 0 bridgehead atoms. The van der Waals surface area contributed by atoms with Crippen LogP contribution in [0, 0.1) is 11.8 Å².